The number of hydrogen-bond acceptors (Lipinski definition) is 1. The van der Waals surface area contributed by atoms with Gasteiger partial charge in [0.15, 0.2) is 0 Å². The van der Waals surface area contributed by atoms with Gasteiger partial charge in [-0.15, -0.1) is 0 Å². The molecule has 82 valence electrons. The van der Waals surface area contributed by atoms with Crippen LogP contribution in [0.15, 0.2) is 24.3 Å². The van der Waals surface area contributed by atoms with Crippen molar-refractivity contribution in [3.05, 3.63) is 35.4 Å². The summed E-state index contributed by atoms with van der Waals surface area (Å²) in [6, 6.07) is 5.20. The number of halogens is 3. The second-order valence-corrected chi connectivity index (χ2v) is 3.90. The van der Waals surface area contributed by atoms with Crippen molar-refractivity contribution in [3.8, 4) is 0 Å². The second kappa shape index (κ2) is 3.52. The SMILES string of the molecule is OC[C@@H]1C[C@H]1c1ccc(C(F)(F)F)cc1. The maximum atomic E-state index is 12.2. The highest BCUT2D eigenvalue weighted by Crippen LogP contribution is 2.47. The van der Waals surface area contributed by atoms with Crippen molar-refractivity contribution in [1.82, 2.24) is 0 Å². The molecule has 0 bridgehead atoms. The van der Waals surface area contributed by atoms with Crippen LogP contribution >= 0.6 is 0 Å². The Bertz CT molecular complexity index is 342. The zero-order valence-electron chi connectivity index (χ0n) is 7.96. The smallest absolute Gasteiger partial charge is 0.396 e. The van der Waals surface area contributed by atoms with Crippen LogP contribution in [-0.4, -0.2) is 11.7 Å². The molecule has 1 fully saturated rings. The van der Waals surface area contributed by atoms with Crippen LogP contribution in [0.4, 0.5) is 13.2 Å². The van der Waals surface area contributed by atoms with Crippen molar-refractivity contribution in [2.45, 2.75) is 18.5 Å². The molecule has 0 aromatic heterocycles. The van der Waals surface area contributed by atoms with Gasteiger partial charge >= 0.3 is 6.18 Å². The molecule has 1 N–H and O–H groups in total. The van der Waals surface area contributed by atoms with Gasteiger partial charge in [-0.2, -0.15) is 13.2 Å². The van der Waals surface area contributed by atoms with Gasteiger partial charge < -0.3 is 5.11 Å². The van der Waals surface area contributed by atoms with Crippen LogP contribution in [-0.2, 0) is 6.18 Å². The third-order valence-corrected chi connectivity index (χ3v) is 2.82. The van der Waals surface area contributed by atoms with Crippen LogP contribution in [0.5, 0.6) is 0 Å². The van der Waals surface area contributed by atoms with Gasteiger partial charge in [0.05, 0.1) is 5.56 Å². The third-order valence-electron chi connectivity index (χ3n) is 2.82. The van der Waals surface area contributed by atoms with E-state index in [1.165, 1.54) is 12.1 Å². The molecular formula is C11H11F3O. The zero-order valence-corrected chi connectivity index (χ0v) is 7.96. The van der Waals surface area contributed by atoms with Gasteiger partial charge in [0.25, 0.3) is 0 Å². The van der Waals surface area contributed by atoms with Crippen LogP contribution in [0.25, 0.3) is 0 Å². The molecule has 2 atom stereocenters. The fourth-order valence-electron chi connectivity index (χ4n) is 1.78. The van der Waals surface area contributed by atoms with Crippen LogP contribution in [0, 0.1) is 5.92 Å². The van der Waals surface area contributed by atoms with Crippen LogP contribution in [0.3, 0.4) is 0 Å². The Kier molecular flexibility index (Phi) is 2.46. The van der Waals surface area contributed by atoms with Gasteiger partial charge in [-0.1, -0.05) is 12.1 Å². The lowest BCUT2D eigenvalue weighted by Crippen LogP contribution is -2.04. The van der Waals surface area contributed by atoms with E-state index in [0.717, 1.165) is 24.1 Å². The van der Waals surface area contributed by atoms with Gasteiger partial charge in [-0.3, -0.25) is 0 Å². The Labute approximate surface area is 85.5 Å². The van der Waals surface area contributed by atoms with E-state index < -0.39 is 11.7 Å². The Morgan fingerprint density at radius 1 is 1.20 bits per heavy atom. The summed E-state index contributed by atoms with van der Waals surface area (Å²) >= 11 is 0. The van der Waals surface area contributed by atoms with Gasteiger partial charge in [0, 0.05) is 6.61 Å². The number of alkyl halides is 3. The largest absolute Gasteiger partial charge is 0.416 e. The van der Waals surface area contributed by atoms with Crippen molar-refractivity contribution >= 4 is 0 Å². The van der Waals surface area contributed by atoms with Crippen LogP contribution in [0.1, 0.15) is 23.5 Å². The Morgan fingerprint density at radius 3 is 2.20 bits per heavy atom. The maximum absolute atomic E-state index is 12.2. The number of hydrogen-bond donors (Lipinski definition) is 1. The van der Waals surface area contributed by atoms with Crippen LogP contribution < -0.4 is 0 Å². The summed E-state index contributed by atoms with van der Waals surface area (Å²) in [5.41, 5.74) is 0.273. The minimum Gasteiger partial charge on any atom is -0.396 e. The molecule has 1 aromatic carbocycles. The van der Waals surface area contributed by atoms with Crippen molar-refractivity contribution < 1.29 is 18.3 Å². The van der Waals surface area contributed by atoms with E-state index in [-0.39, 0.29) is 18.4 Å². The summed E-state index contributed by atoms with van der Waals surface area (Å²) in [7, 11) is 0. The maximum Gasteiger partial charge on any atom is 0.416 e. The highest BCUT2D eigenvalue weighted by Gasteiger charge is 2.38. The molecule has 0 unspecified atom stereocenters. The molecule has 0 spiro atoms. The minimum atomic E-state index is -4.27. The number of benzene rings is 1. The summed E-state index contributed by atoms with van der Waals surface area (Å²) in [5, 5.41) is 8.84. The molecule has 0 amide bonds. The lowest BCUT2D eigenvalue weighted by Gasteiger charge is -2.07. The van der Waals surface area contributed by atoms with E-state index in [2.05, 4.69) is 0 Å². The predicted molar refractivity (Wildman–Crippen MR) is 49.4 cm³/mol. The Morgan fingerprint density at radius 2 is 1.80 bits per heavy atom. The molecule has 1 aromatic rings. The van der Waals surface area contributed by atoms with E-state index in [0.29, 0.717) is 0 Å². The monoisotopic (exact) mass is 216 g/mol. The molecule has 0 aliphatic heterocycles. The van der Waals surface area contributed by atoms with Crippen molar-refractivity contribution in [2.24, 2.45) is 5.92 Å². The zero-order chi connectivity index (χ0) is 11.1. The van der Waals surface area contributed by atoms with Gasteiger partial charge in [0.1, 0.15) is 0 Å². The first-order chi connectivity index (χ1) is 7.02. The Balaban J connectivity index is 2.12. The number of aliphatic hydroxyl groups is 1. The summed E-state index contributed by atoms with van der Waals surface area (Å²) in [6.45, 7) is 0.117. The molecular weight excluding hydrogens is 205 g/mol. The molecule has 1 saturated carbocycles. The average molecular weight is 216 g/mol. The van der Waals surface area contributed by atoms with Crippen LogP contribution in [0.2, 0.25) is 0 Å². The lowest BCUT2D eigenvalue weighted by atomic mass is 10.1. The normalized spacial score (nSPS) is 25.3. The average Bonchev–Trinajstić information content (AvgIpc) is 2.95. The summed E-state index contributed by atoms with van der Waals surface area (Å²) < 4.78 is 36.7. The van der Waals surface area contributed by atoms with Crippen molar-refractivity contribution in [1.29, 1.82) is 0 Å². The first kappa shape index (κ1) is 10.5. The molecule has 0 radical (unpaired) electrons. The van der Waals surface area contributed by atoms with E-state index in [9.17, 15) is 13.2 Å². The van der Waals surface area contributed by atoms with Gasteiger partial charge in [-0.25, -0.2) is 0 Å². The summed E-state index contributed by atoms with van der Waals surface area (Å²) in [4.78, 5) is 0. The van der Waals surface area contributed by atoms with E-state index in [4.69, 9.17) is 5.11 Å². The van der Waals surface area contributed by atoms with E-state index in [1.54, 1.807) is 0 Å². The van der Waals surface area contributed by atoms with E-state index >= 15 is 0 Å². The summed E-state index contributed by atoms with van der Waals surface area (Å²) in [6.07, 6.45) is -3.39. The molecule has 4 heteroatoms. The molecule has 0 saturated heterocycles. The second-order valence-electron chi connectivity index (χ2n) is 3.90. The van der Waals surface area contributed by atoms with Crippen molar-refractivity contribution in [2.75, 3.05) is 6.61 Å². The quantitative estimate of drug-likeness (QED) is 0.805. The first-order valence-corrected chi connectivity index (χ1v) is 4.80. The predicted octanol–water partition coefficient (Wildman–Crippen LogP) is 2.80. The molecule has 1 nitrogen and oxygen atoms in total. The first-order valence-electron chi connectivity index (χ1n) is 4.80. The molecule has 2 rings (SSSR count). The highest BCUT2D eigenvalue weighted by atomic mass is 19.4. The van der Waals surface area contributed by atoms with Gasteiger partial charge in [-0.05, 0) is 36.0 Å². The number of rotatable bonds is 2. The van der Waals surface area contributed by atoms with Gasteiger partial charge in [0.2, 0.25) is 0 Å². The highest BCUT2D eigenvalue weighted by molar-refractivity contribution is 5.30. The fourth-order valence-corrected chi connectivity index (χ4v) is 1.78. The topological polar surface area (TPSA) is 20.2 Å². The third kappa shape index (κ3) is 2.15. The minimum absolute atomic E-state index is 0.117. The lowest BCUT2D eigenvalue weighted by molar-refractivity contribution is -0.137. The standard InChI is InChI=1S/C11H11F3O/c12-11(13,14)9-3-1-7(2-4-9)10-5-8(10)6-15/h1-4,8,10,15H,5-6H2/t8-,10-/m0/s1. The summed E-state index contributed by atoms with van der Waals surface area (Å²) in [5.74, 6) is 0.485. The molecule has 0 heterocycles. The van der Waals surface area contributed by atoms with Crippen molar-refractivity contribution in [3.63, 3.8) is 0 Å². The molecule has 1 aliphatic rings. The van der Waals surface area contributed by atoms with E-state index in [1.807, 2.05) is 0 Å². The molecule has 15 heavy (non-hydrogen) atoms. The fraction of sp³-hybridized carbons (Fsp3) is 0.455. The Hall–Kier alpha value is -1.03. The number of aliphatic hydroxyl groups excluding tert-OH is 1. The molecule has 1 aliphatic carbocycles.